The van der Waals surface area contributed by atoms with Gasteiger partial charge in [-0.1, -0.05) is 27.7 Å². The number of hydrogen-bond acceptors (Lipinski definition) is 3. The molecule has 4 heteroatoms. The number of rotatable bonds is 7. The highest BCUT2D eigenvalue weighted by atomic mass is 32.2. The third-order valence-electron chi connectivity index (χ3n) is 3.18. The number of aliphatic hydroxyl groups is 1. The van der Waals surface area contributed by atoms with Crippen molar-refractivity contribution in [1.82, 2.24) is 5.32 Å². The Morgan fingerprint density at radius 1 is 1.41 bits per heavy atom. The lowest BCUT2D eigenvalue weighted by molar-refractivity contribution is -0.123. The topological polar surface area (TPSA) is 49.3 Å². The molecule has 0 aromatic rings. The fourth-order valence-corrected chi connectivity index (χ4v) is 2.08. The third kappa shape index (κ3) is 7.66. The predicted molar refractivity (Wildman–Crippen MR) is 75.3 cm³/mol. The van der Waals surface area contributed by atoms with Crippen molar-refractivity contribution in [3.63, 3.8) is 0 Å². The van der Waals surface area contributed by atoms with E-state index in [0.717, 1.165) is 5.75 Å². The fourth-order valence-electron chi connectivity index (χ4n) is 1.43. The standard InChI is InChI=1S/C13H27NO2S/c1-10(13(2,3)4)8-12(16)14-11(6-7-15)9-17-5/h10-11,15H,6-9H2,1-5H3,(H,14,16). The lowest BCUT2D eigenvalue weighted by Gasteiger charge is -2.27. The highest BCUT2D eigenvalue weighted by Crippen LogP contribution is 2.27. The van der Waals surface area contributed by atoms with Crippen molar-refractivity contribution >= 4 is 17.7 Å². The summed E-state index contributed by atoms with van der Waals surface area (Å²) in [5, 5.41) is 11.9. The van der Waals surface area contributed by atoms with Crippen molar-refractivity contribution < 1.29 is 9.90 Å². The van der Waals surface area contributed by atoms with Crippen LogP contribution in [0.4, 0.5) is 0 Å². The van der Waals surface area contributed by atoms with Crippen LogP contribution in [-0.4, -0.2) is 35.7 Å². The normalized spacial score (nSPS) is 15.4. The van der Waals surface area contributed by atoms with E-state index in [0.29, 0.717) is 18.8 Å². The minimum absolute atomic E-state index is 0.0923. The number of nitrogens with one attached hydrogen (secondary N) is 1. The maximum atomic E-state index is 11.9. The van der Waals surface area contributed by atoms with Gasteiger partial charge in [0.15, 0.2) is 0 Å². The van der Waals surface area contributed by atoms with Crippen LogP contribution in [0.1, 0.15) is 40.5 Å². The number of carbonyl (C=O) groups is 1. The maximum Gasteiger partial charge on any atom is 0.220 e. The Kier molecular flexibility index (Phi) is 7.88. The molecule has 0 rings (SSSR count). The number of carbonyl (C=O) groups excluding carboxylic acids is 1. The van der Waals surface area contributed by atoms with Crippen LogP contribution in [0.15, 0.2) is 0 Å². The molecule has 2 unspecified atom stereocenters. The summed E-state index contributed by atoms with van der Waals surface area (Å²) in [5.41, 5.74) is 0.156. The zero-order chi connectivity index (χ0) is 13.5. The average Bonchev–Trinajstić information content (AvgIpc) is 2.16. The van der Waals surface area contributed by atoms with Crippen molar-refractivity contribution in [1.29, 1.82) is 0 Å². The van der Waals surface area contributed by atoms with Crippen molar-refractivity contribution in [3.05, 3.63) is 0 Å². The second-order valence-corrected chi connectivity index (χ2v) is 6.61. The molecule has 0 aliphatic carbocycles. The molecule has 0 radical (unpaired) electrons. The first-order valence-electron chi connectivity index (χ1n) is 6.20. The number of thioether (sulfide) groups is 1. The monoisotopic (exact) mass is 261 g/mol. The number of hydrogen-bond donors (Lipinski definition) is 2. The summed E-state index contributed by atoms with van der Waals surface area (Å²) in [6.45, 7) is 8.68. The van der Waals surface area contributed by atoms with Gasteiger partial charge < -0.3 is 10.4 Å². The van der Waals surface area contributed by atoms with E-state index < -0.39 is 0 Å². The summed E-state index contributed by atoms with van der Waals surface area (Å²) < 4.78 is 0. The summed E-state index contributed by atoms with van der Waals surface area (Å²) in [4.78, 5) is 11.9. The van der Waals surface area contributed by atoms with E-state index in [4.69, 9.17) is 5.11 Å². The smallest absolute Gasteiger partial charge is 0.220 e. The van der Waals surface area contributed by atoms with Gasteiger partial charge >= 0.3 is 0 Å². The molecule has 0 spiro atoms. The van der Waals surface area contributed by atoms with Crippen LogP contribution in [0.5, 0.6) is 0 Å². The number of amides is 1. The molecule has 17 heavy (non-hydrogen) atoms. The molecular formula is C13H27NO2S. The van der Waals surface area contributed by atoms with Gasteiger partial charge in [0.1, 0.15) is 0 Å². The molecular weight excluding hydrogens is 234 g/mol. The molecule has 2 atom stereocenters. The van der Waals surface area contributed by atoms with E-state index in [2.05, 4.69) is 33.0 Å². The minimum atomic E-state index is 0.0923. The van der Waals surface area contributed by atoms with E-state index in [1.54, 1.807) is 11.8 Å². The molecule has 0 bridgehead atoms. The van der Waals surface area contributed by atoms with E-state index >= 15 is 0 Å². The van der Waals surface area contributed by atoms with E-state index in [1.165, 1.54) is 0 Å². The van der Waals surface area contributed by atoms with Crippen LogP contribution < -0.4 is 5.32 Å². The quantitative estimate of drug-likeness (QED) is 0.739. The molecule has 102 valence electrons. The number of aliphatic hydroxyl groups excluding tert-OH is 1. The summed E-state index contributed by atoms with van der Waals surface area (Å²) in [6, 6.07) is 0.0923. The van der Waals surface area contributed by atoms with Crippen molar-refractivity contribution in [2.24, 2.45) is 11.3 Å². The molecule has 0 aromatic carbocycles. The van der Waals surface area contributed by atoms with Gasteiger partial charge in [-0.05, 0) is 24.0 Å². The van der Waals surface area contributed by atoms with Crippen LogP contribution in [0.2, 0.25) is 0 Å². The minimum Gasteiger partial charge on any atom is -0.396 e. The molecule has 1 amide bonds. The highest BCUT2D eigenvalue weighted by Gasteiger charge is 2.23. The summed E-state index contributed by atoms with van der Waals surface area (Å²) in [5.74, 6) is 1.31. The fraction of sp³-hybridized carbons (Fsp3) is 0.923. The zero-order valence-electron chi connectivity index (χ0n) is 11.7. The zero-order valence-corrected chi connectivity index (χ0v) is 12.6. The van der Waals surface area contributed by atoms with Gasteiger partial charge in [-0.2, -0.15) is 11.8 Å². The van der Waals surface area contributed by atoms with E-state index in [9.17, 15) is 4.79 Å². The van der Waals surface area contributed by atoms with Crippen LogP contribution in [0, 0.1) is 11.3 Å². The Morgan fingerprint density at radius 2 is 2.00 bits per heavy atom. The Balaban J connectivity index is 4.14. The molecule has 3 nitrogen and oxygen atoms in total. The Hall–Kier alpha value is -0.220. The van der Waals surface area contributed by atoms with E-state index in [1.807, 2.05) is 6.26 Å². The lowest BCUT2D eigenvalue weighted by Crippen LogP contribution is -2.39. The first-order chi connectivity index (χ1) is 7.81. The first kappa shape index (κ1) is 16.8. The van der Waals surface area contributed by atoms with Crippen LogP contribution in [-0.2, 0) is 4.79 Å². The second kappa shape index (κ2) is 7.98. The molecule has 0 saturated carbocycles. The van der Waals surface area contributed by atoms with Crippen LogP contribution >= 0.6 is 11.8 Å². The van der Waals surface area contributed by atoms with Gasteiger partial charge in [0.25, 0.3) is 0 Å². The summed E-state index contributed by atoms with van der Waals surface area (Å²) in [7, 11) is 0. The largest absolute Gasteiger partial charge is 0.396 e. The van der Waals surface area contributed by atoms with Gasteiger partial charge in [0.05, 0.1) is 0 Å². The average molecular weight is 261 g/mol. The highest BCUT2D eigenvalue weighted by molar-refractivity contribution is 7.98. The predicted octanol–water partition coefficient (Wildman–Crippen LogP) is 2.29. The second-order valence-electron chi connectivity index (χ2n) is 5.70. The first-order valence-corrected chi connectivity index (χ1v) is 7.59. The Bertz CT molecular complexity index is 220. The third-order valence-corrected chi connectivity index (χ3v) is 3.92. The molecule has 0 aliphatic heterocycles. The van der Waals surface area contributed by atoms with Crippen molar-refractivity contribution in [3.8, 4) is 0 Å². The molecule has 0 aromatic heterocycles. The van der Waals surface area contributed by atoms with Crippen molar-refractivity contribution in [2.75, 3.05) is 18.6 Å². The molecule has 0 fully saturated rings. The lowest BCUT2D eigenvalue weighted by atomic mass is 9.80. The van der Waals surface area contributed by atoms with Gasteiger partial charge in [-0.15, -0.1) is 0 Å². The van der Waals surface area contributed by atoms with Gasteiger partial charge in [-0.25, -0.2) is 0 Å². The Morgan fingerprint density at radius 3 is 2.41 bits per heavy atom. The van der Waals surface area contributed by atoms with Crippen LogP contribution in [0.25, 0.3) is 0 Å². The summed E-state index contributed by atoms with van der Waals surface area (Å²) >= 11 is 1.69. The van der Waals surface area contributed by atoms with E-state index in [-0.39, 0.29) is 24.0 Å². The van der Waals surface area contributed by atoms with Gasteiger partial charge in [0.2, 0.25) is 5.91 Å². The van der Waals surface area contributed by atoms with Crippen molar-refractivity contribution in [2.45, 2.75) is 46.6 Å². The molecule has 2 N–H and O–H groups in total. The molecule has 0 saturated heterocycles. The van der Waals surface area contributed by atoms with Gasteiger partial charge in [-0.3, -0.25) is 4.79 Å². The summed E-state index contributed by atoms with van der Waals surface area (Å²) in [6.07, 6.45) is 3.20. The maximum absolute atomic E-state index is 11.9. The SMILES string of the molecule is CSCC(CCO)NC(=O)CC(C)C(C)(C)C. The Labute approximate surface area is 110 Å². The van der Waals surface area contributed by atoms with Crippen LogP contribution in [0.3, 0.4) is 0 Å². The molecule has 0 heterocycles. The van der Waals surface area contributed by atoms with Gasteiger partial charge in [0, 0.05) is 24.8 Å². The molecule has 0 aliphatic rings.